The molecule has 2 amide bonds. The average molecular weight is 421 g/mol. The first kappa shape index (κ1) is 21.7. The summed E-state index contributed by atoms with van der Waals surface area (Å²) >= 11 is 6.31. The van der Waals surface area contributed by atoms with Crippen LogP contribution >= 0.6 is 11.6 Å². The topological polar surface area (TPSA) is 91.6 Å². The summed E-state index contributed by atoms with van der Waals surface area (Å²) in [5, 5.41) is 16.0. The van der Waals surface area contributed by atoms with Crippen molar-refractivity contribution in [1.29, 1.82) is 0 Å². The molecule has 1 saturated carbocycles. The Labute approximate surface area is 176 Å². The van der Waals surface area contributed by atoms with Crippen LogP contribution in [-0.2, 0) is 0 Å². The number of hydrogen-bond donors (Lipinski definition) is 3. The van der Waals surface area contributed by atoms with E-state index in [0.717, 1.165) is 24.8 Å². The van der Waals surface area contributed by atoms with Gasteiger partial charge in [0.1, 0.15) is 5.76 Å². The molecule has 0 aromatic carbocycles. The summed E-state index contributed by atoms with van der Waals surface area (Å²) in [6, 6.07) is 1.54. The Kier molecular flexibility index (Phi) is 6.85. The number of amides is 2. The third-order valence-corrected chi connectivity index (χ3v) is 6.40. The number of furan rings is 1. The Bertz CT molecular complexity index is 834. The summed E-state index contributed by atoms with van der Waals surface area (Å²) in [7, 11) is 1.53. The van der Waals surface area contributed by atoms with Gasteiger partial charge in [0.25, 0.3) is 11.8 Å². The highest BCUT2D eigenvalue weighted by Crippen LogP contribution is 2.37. The van der Waals surface area contributed by atoms with Gasteiger partial charge in [-0.3, -0.25) is 9.59 Å². The van der Waals surface area contributed by atoms with Crippen LogP contribution in [0.4, 0.5) is 0 Å². The van der Waals surface area contributed by atoms with E-state index in [1.807, 2.05) is 19.9 Å². The molecule has 2 aliphatic carbocycles. The van der Waals surface area contributed by atoms with Crippen molar-refractivity contribution in [3.63, 3.8) is 0 Å². The maximum Gasteiger partial charge on any atom is 0.286 e. The number of rotatable bonds is 5. The van der Waals surface area contributed by atoms with Crippen molar-refractivity contribution >= 4 is 23.4 Å². The fraction of sp³-hybridized carbons (Fsp3) is 0.545. The van der Waals surface area contributed by atoms with Crippen LogP contribution in [0.1, 0.15) is 78.5 Å². The van der Waals surface area contributed by atoms with Crippen molar-refractivity contribution in [3.8, 4) is 0 Å². The van der Waals surface area contributed by atoms with Gasteiger partial charge in [-0.1, -0.05) is 30.7 Å². The Balaban J connectivity index is 1.84. The molecule has 6 nitrogen and oxygen atoms in total. The second-order valence-corrected chi connectivity index (χ2v) is 8.44. The summed E-state index contributed by atoms with van der Waals surface area (Å²) in [6.45, 7) is 3.95. The van der Waals surface area contributed by atoms with E-state index in [1.165, 1.54) is 13.1 Å². The summed E-state index contributed by atoms with van der Waals surface area (Å²) in [5.41, 5.74) is 1.43. The van der Waals surface area contributed by atoms with Gasteiger partial charge in [-0.15, -0.1) is 0 Å². The molecule has 3 rings (SSSR count). The molecule has 0 bridgehead atoms. The molecule has 158 valence electrons. The Morgan fingerprint density at radius 2 is 1.93 bits per heavy atom. The van der Waals surface area contributed by atoms with Gasteiger partial charge < -0.3 is 20.2 Å². The van der Waals surface area contributed by atoms with E-state index in [2.05, 4.69) is 16.7 Å². The lowest BCUT2D eigenvalue weighted by molar-refractivity contribution is 0.0864. The summed E-state index contributed by atoms with van der Waals surface area (Å²) in [5.74, 6) is -0.0468. The van der Waals surface area contributed by atoms with E-state index in [-0.39, 0.29) is 41.6 Å². The molecule has 1 heterocycles. The summed E-state index contributed by atoms with van der Waals surface area (Å²) in [6.07, 6.45) is 7.42. The number of halogens is 1. The van der Waals surface area contributed by atoms with E-state index in [4.69, 9.17) is 16.0 Å². The van der Waals surface area contributed by atoms with Crippen molar-refractivity contribution in [1.82, 2.24) is 10.6 Å². The van der Waals surface area contributed by atoms with Gasteiger partial charge in [0.15, 0.2) is 5.76 Å². The fourth-order valence-corrected chi connectivity index (χ4v) is 4.22. The highest BCUT2D eigenvalue weighted by molar-refractivity contribution is 6.32. The van der Waals surface area contributed by atoms with Gasteiger partial charge in [-0.05, 0) is 50.5 Å². The largest absolute Gasteiger partial charge is 0.455 e. The molecule has 1 fully saturated rings. The molecule has 2 aliphatic rings. The van der Waals surface area contributed by atoms with Crippen LogP contribution in [0.3, 0.4) is 0 Å². The Hall–Kier alpha value is -2.05. The highest BCUT2D eigenvalue weighted by atomic mass is 35.5. The number of nitrogens with one attached hydrogen (secondary N) is 2. The van der Waals surface area contributed by atoms with Gasteiger partial charge in [0.2, 0.25) is 0 Å². The molecule has 1 aromatic heterocycles. The molecule has 1 unspecified atom stereocenters. The molecule has 0 saturated heterocycles. The Morgan fingerprint density at radius 1 is 1.24 bits per heavy atom. The maximum absolute atomic E-state index is 13.0. The molecule has 0 radical (unpaired) electrons. The van der Waals surface area contributed by atoms with Crippen molar-refractivity contribution in [3.05, 3.63) is 45.9 Å². The zero-order valence-corrected chi connectivity index (χ0v) is 17.9. The van der Waals surface area contributed by atoms with E-state index in [0.29, 0.717) is 29.2 Å². The van der Waals surface area contributed by atoms with E-state index >= 15 is 0 Å². The van der Waals surface area contributed by atoms with Gasteiger partial charge in [-0.2, -0.15) is 0 Å². The van der Waals surface area contributed by atoms with Crippen molar-refractivity contribution in [2.24, 2.45) is 5.92 Å². The quantitative estimate of drug-likeness (QED) is 0.674. The zero-order valence-electron chi connectivity index (χ0n) is 17.1. The van der Waals surface area contributed by atoms with Crippen LogP contribution in [-0.4, -0.2) is 36.1 Å². The molecule has 2 atom stereocenters. The van der Waals surface area contributed by atoms with Crippen LogP contribution in [0, 0.1) is 5.92 Å². The summed E-state index contributed by atoms with van der Waals surface area (Å²) < 4.78 is 5.87. The van der Waals surface area contributed by atoms with Gasteiger partial charge in [0.05, 0.1) is 11.7 Å². The van der Waals surface area contributed by atoms with E-state index < -0.39 is 0 Å². The number of aliphatic hydroxyl groups is 1. The van der Waals surface area contributed by atoms with Crippen LogP contribution in [0.15, 0.2) is 33.2 Å². The first-order valence-corrected chi connectivity index (χ1v) is 10.6. The predicted molar refractivity (Wildman–Crippen MR) is 112 cm³/mol. The third kappa shape index (κ3) is 4.93. The molecule has 29 heavy (non-hydrogen) atoms. The molecule has 0 aliphatic heterocycles. The second kappa shape index (κ2) is 9.18. The van der Waals surface area contributed by atoms with Gasteiger partial charge in [0, 0.05) is 30.1 Å². The first-order chi connectivity index (χ1) is 13.8. The van der Waals surface area contributed by atoms with Crippen LogP contribution < -0.4 is 10.6 Å². The van der Waals surface area contributed by atoms with Crippen molar-refractivity contribution in [2.45, 2.75) is 64.0 Å². The number of carbonyl (C=O) groups is 2. The SMILES string of the molecule is CNC(=O)c1cc(C(=O)NC2CCC(O)CC2)c([C@@H](C)C2C=C(Cl)C(C)=CC2)o1. The second-order valence-electron chi connectivity index (χ2n) is 8.04. The third-order valence-electron chi connectivity index (χ3n) is 5.98. The minimum atomic E-state index is -0.369. The van der Waals surface area contributed by atoms with Crippen LogP contribution in [0.5, 0.6) is 0 Å². The minimum Gasteiger partial charge on any atom is -0.455 e. The first-order valence-electron chi connectivity index (χ1n) is 10.2. The average Bonchev–Trinajstić information content (AvgIpc) is 3.16. The lowest BCUT2D eigenvalue weighted by Gasteiger charge is -2.26. The standard InChI is InChI=1S/C22H29ClN2O4/c1-12-4-5-14(10-18(12)23)13(2)20-17(11-19(29-20)22(28)24-3)21(27)25-15-6-8-16(26)9-7-15/h4,10-11,13-16,26H,5-9H2,1-3H3,(H,24,28)(H,25,27)/t13-,14?,15?,16?/m0/s1. The van der Waals surface area contributed by atoms with Crippen LogP contribution in [0.25, 0.3) is 0 Å². The molecular weight excluding hydrogens is 392 g/mol. The van der Waals surface area contributed by atoms with E-state index in [9.17, 15) is 14.7 Å². The number of aliphatic hydroxyl groups excluding tert-OH is 1. The highest BCUT2D eigenvalue weighted by Gasteiger charge is 2.31. The van der Waals surface area contributed by atoms with E-state index in [1.54, 1.807) is 0 Å². The molecule has 3 N–H and O–H groups in total. The monoisotopic (exact) mass is 420 g/mol. The minimum absolute atomic E-state index is 0.0158. The maximum atomic E-state index is 13.0. The zero-order chi connectivity index (χ0) is 21.1. The van der Waals surface area contributed by atoms with Crippen molar-refractivity contribution < 1.29 is 19.1 Å². The Morgan fingerprint density at radius 3 is 2.55 bits per heavy atom. The van der Waals surface area contributed by atoms with Gasteiger partial charge >= 0.3 is 0 Å². The number of allylic oxidation sites excluding steroid dienone is 4. The fourth-order valence-electron chi connectivity index (χ4n) is 3.98. The lowest BCUT2D eigenvalue weighted by Crippen LogP contribution is -2.38. The molecule has 0 spiro atoms. The smallest absolute Gasteiger partial charge is 0.286 e. The normalized spacial score (nSPS) is 25.6. The molecule has 7 heteroatoms. The predicted octanol–water partition coefficient (Wildman–Crippen LogP) is 3.86. The summed E-state index contributed by atoms with van der Waals surface area (Å²) in [4.78, 5) is 25.1. The molecular formula is C22H29ClN2O4. The van der Waals surface area contributed by atoms with Crippen molar-refractivity contribution in [2.75, 3.05) is 7.05 Å². The van der Waals surface area contributed by atoms with Gasteiger partial charge in [-0.25, -0.2) is 0 Å². The molecule has 1 aromatic rings. The number of hydrogen-bond acceptors (Lipinski definition) is 4. The van der Waals surface area contributed by atoms with Crippen LogP contribution in [0.2, 0.25) is 0 Å². The number of carbonyl (C=O) groups excluding carboxylic acids is 2. The lowest BCUT2D eigenvalue weighted by atomic mass is 9.84.